The number of carbonyl (C=O) groups excluding carboxylic acids is 1. The van der Waals surface area contributed by atoms with Gasteiger partial charge in [-0.15, -0.1) is 11.3 Å². The number of amides is 1. The first-order valence-electron chi connectivity index (χ1n) is 11.3. The lowest BCUT2D eigenvalue weighted by molar-refractivity contribution is -0.139. The third kappa shape index (κ3) is 4.57. The van der Waals surface area contributed by atoms with E-state index in [2.05, 4.69) is 21.5 Å². The highest BCUT2D eigenvalue weighted by Crippen LogP contribution is 2.40. The summed E-state index contributed by atoms with van der Waals surface area (Å²) in [5.74, 6) is -0.179. The molecule has 2 unspecified atom stereocenters. The number of hydrogen-bond donors (Lipinski definition) is 1. The molecule has 1 N–H and O–H groups in total. The predicted octanol–water partition coefficient (Wildman–Crippen LogP) is 3.25. The Morgan fingerprint density at radius 3 is 2.65 bits per heavy atom. The smallest absolute Gasteiger partial charge is 0.343 e. The monoisotopic (exact) mass is 550 g/mol. The van der Waals surface area contributed by atoms with Crippen molar-refractivity contribution in [1.29, 1.82) is 5.26 Å². The van der Waals surface area contributed by atoms with Gasteiger partial charge in [0.1, 0.15) is 17.4 Å². The molecule has 194 valence electrons. The van der Waals surface area contributed by atoms with E-state index in [-0.39, 0.29) is 13.0 Å². The van der Waals surface area contributed by atoms with Gasteiger partial charge in [-0.3, -0.25) is 4.79 Å². The van der Waals surface area contributed by atoms with Crippen molar-refractivity contribution in [2.75, 3.05) is 11.4 Å². The van der Waals surface area contributed by atoms with Gasteiger partial charge in [-0.1, -0.05) is 12.1 Å². The zero-order valence-corrected chi connectivity index (χ0v) is 21.1. The Bertz CT molecular complexity index is 1490. The van der Waals surface area contributed by atoms with Crippen LogP contribution in [-0.4, -0.2) is 52.5 Å². The van der Waals surface area contributed by atoms with Crippen molar-refractivity contribution in [3.63, 3.8) is 0 Å². The molecular formula is C23H21F3N6O3S2. The summed E-state index contributed by atoms with van der Waals surface area (Å²) in [6.07, 6.45) is -2.62. The molecule has 14 heteroatoms. The van der Waals surface area contributed by atoms with Crippen molar-refractivity contribution in [2.45, 2.75) is 54.1 Å². The fourth-order valence-electron chi connectivity index (χ4n) is 4.51. The molecule has 37 heavy (non-hydrogen) atoms. The molecule has 1 saturated heterocycles. The Balaban J connectivity index is 1.56. The van der Waals surface area contributed by atoms with Gasteiger partial charge < -0.3 is 10.2 Å². The van der Waals surface area contributed by atoms with Gasteiger partial charge >= 0.3 is 6.18 Å². The molecule has 9 nitrogen and oxygen atoms in total. The molecule has 3 aromatic rings. The number of nitrogens with zero attached hydrogens (tertiary/aromatic N) is 5. The highest BCUT2D eigenvalue weighted by Gasteiger charge is 2.51. The quantitative estimate of drug-likeness (QED) is 0.500. The van der Waals surface area contributed by atoms with Crippen LogP contribution < -0.4 is 10.2 Å². The maximum absolute atomic E-state index is 13.7. The van der Waals surface area contributed by atoms with E-state index in [1.54, 1.807) is 24.6 Å². The molecule has 2 aliphatic rings. The minimum Gasteiger partial charge on any atom is -0.343 e. The summed E-state index contributed by atoms with van der Waals surface area (Å²) >= 11 is 1.28. The van der Waals surface area contributed by atoms with Crippen molar-refractivity contribution < 1.29 is 26.4 Å². The van der Waals surface area contributed by atoms with Crippen molar-refractivity contribution >= 4 is 32.9 Å². The molecule has 0 bridgehead atoms. The fourth-order valence-corrected chi connectivity index (χ4v) is 7.02. The summed E-state index contributed by atoms with van der Waals surface area (Å²) in [6.45, 7) is 1.48. The van der Waals surface area contributed by atoms with Crippen molar-refractivity contribution in [1.82, 2.24) is 20.1 Å². The zero-order valence-electron chi connectivity index (χ0n) is 19.4. The molecule has 2 fully saturated rings. The minimum absolute atomic E-state index is 0.247. The second-order valence-electron chi connectivity index (χ2n) is 9.12. The highest BCUT2D eigenvalue weighted by molar-refractivity contribution is 7.92. The lowest BCUT2D eigenvalue weighted by Crippen LogP contribution is -2.48. The lowest BCUT2D eigenvalue weighted by atomic mass is 10.1. The number of benzene rings is 1. The molecule has 3 heterocycles. The summed E-state index contributed by atoms with van der Waals surface area (Å²) in [5.41, 5.74) is -1.68. The van der Waals surface area contributed by atoms with Crippen LogP contribution in [0.1, 0.15) is 30.5 Å². The van der Waals surface area contributed by atoms with Gasteiger partial charge in [-0.2, -0.15) is 28.2 Å². The number of sulfone groups is 1. The van der Waals surface area contributed by atoms with Gasteiger partial charge in [0, 0.05) is 24.2 Å². The van der Waals surface area contributed by atoms with Crippen LogP contribution in [0.3, 0.4) is 0 Å². The standard InChI is InChI=1S/C23H21F3N6O3S2/c1-14-10-19(32(30-14)21-28-8-9-36-21)31-12-15(11-17(31)20(33)29-22(13-27)6-7-22)37(34,35)18-5-3-2-4-16(18)23(24,25)26/h2-5,8-10,15,17H,6-7,11-12H2,1H3,(H,29,33). The predicted molar refractivity (Wildman–Crippen MR) is 128 cm³/mol. The number of halogens is 3. The first-order chi connectivity index (χ1) is 17.4. The van der Waals surface area contributed by atoms with Crippen LogP contribution in [0.5, 0.6) is 0 Å². The number of thiazole rings is 1. The minimum atomic E-state index is -4.87. The van der Waals surface area contributed by atoms with Crippen LogP contribution in [-0.2, 0) is 20.8 Å². The zero-order chi connectivity index (χ0) is 26.6. The maximum atomic E-state index is 13.7. The number of rotatable bonds is 6. The SMILES string of the molecule is Cc1cc(N2CC(S(=O)(=O)c3ccccc3C(F)(F)F)CC2C(=O)NC2(C#N)CC2)n(-c2nccs2)n1. The molecule has 1 aliphatic carbocycles. The van der Waals surface area contributed by atoms with E-state index in [0.717, 1.165) is 18.2 Å². The topological polar surface area (TPSA) is 121 Å². The van der Waals surface area contributed by atoms with E-state index >= 15 is 0 Å². The molecule has 2 aromatic heterocycles. The molecule has 1 saturated carbocycles. The average Bonchev–Trinajstić information content (AvgIpc) is 3.24. The first-order valence-corrected chi connectivity index (χ1v) is 13.7. The van der Waals surface area contributed by atoms with E-state index in [9.17, 15) is 31.6 Å². The number of nitriles is 1. The maximum Gasteiger partial charge on any atom is 0.417 e. The third-order valence-corrected chi connectivity index (χ3v) is 9.47. The Hall–Kier alpha value is -3.44. The summed E-state index contributed by atoms with van der Waals surface area (Å²) in [6, 6.07) is 6.72. The van der Waals surface area contributed by atoms with Crippen LogP contribution in [0.2, 0.25) is 0 Å². The van der Waals surface area contributed by atoms with Gasteiger partial charge in [0.25, 0.3) is 0 Å². The van der Waals surface area contributed by atoms with Gasteiger partial charge in [0.05, 0.1) is 27.5 Å². The molecule has 1 aliphatic heterocycles. The second kappa shape index (κ2) is 8.84. The Labute approximate surface area is 214 Å². The van der Waals surface area contributed by atoms with Crippen molar-refractivity contribution in [2.24, 2.45) is 0 Å². The third-order valence-electron chi connectivity index (χ3n) is 6.54. The van der Waals surface area contributed by atoms with Gasteiger partial charge in [0.2, 0.25) is 11.0 Å². The first kappa shape index (κ1) is 25.2. The van der Waals surface area contributed by atoms with Gasteiger partial charge in [0.15, 0.2) is 9.84 Å². The van der Waals surface area contributed by atoms with Crippen LogP contribution in [0.15, 0.2) is 46.8 Å². The Morgan fingerprint density at radius 2 is 2.03 bits per heavy atom. The molecule has 1 amide bonds. The van der Waals surface area contributed by atoms with Crippen LogP contribution in [0.4, 0.5) is 19.0 Å². The number of nitrogens with one attached hydrogen (secondary N) is 1. The second-order valence-corrected chi connectivity index (χ2v) is 12.2. The van der Waals surface area contributed by atoms with Crippen LogP contribution in [0, 0.1) is 18.3 Å². The largest absolute Gasteiger partial charge is 0.417 e. The Kier molecular flexibility index (Phi) is 6.03. The van der Waals surface area contributed by atoms with Gasteiger partial charge in [-0.05, 0) is 38.3 Å². The molecular weight excluding hydrogens is 529 g/mol. The number of hydrogen-bond acceptors (Lipinski definition) is 8. The average molecular weight is 551 g/mol. The van der Waals surface area contributed by atoms with Crippen LogP contribution in [0.25, 0.3) is 5.13 Å². The van der Waals surface area contributed by atoms with E-state index < -0.39 is 49.2 Å². The number of aromatic nitrogens is 3. The molecule has 1 aromatic carbocycles. The number of alkyl halides is 3. The van der Waals surface area contributed by atoms with E-state index in [1.807, 2.05) is 0 Å². The number of aryl methyl sites for hydroxylation is 1. The summed E-state index contributed by atoms with van der Waals surface area (Å²) in [5, 5.41) is 17.5. The van der Waals surface area contributed by atoms with E-state index in [0.29, 0.717) is 29.5 Å². The van der Waals surface area contributed by atoms with Crippen LogP contribution >= 0.6 is 11.3 Å². The fraction of sp³-hybridized carbons (Fsp3) is 0.391. The molecule has 2 atom stereocenters. The number of anilines is 1. The van der Waals surface area contributed by atoms with Crippen molar-refractivity contribution in [3.05, 3.63) is 53.2 Å². The lowest BCUT2D eigenvalue weighted by Gasteiger charge is -2.26. The van der Waals surface area contributed by atoms with E-state index in [1.165, 1.54) is 27.0 Å². The highest BCUT2D eigenvalue weighted by atomic mass is 32.2. The molecule has 5 rings (SSSR count). The Morgan fingerprint density at radius 1 is 1.30 bits per heavy atom. The summed E-state index contributed by atoms with van der Waals surface area (Å²) < 4.78 is 69.6. The normalized spacial score (nSPS) is 21.0. The number of carbonyl (C=O) groups is 1. The van der Waals surface area contributed by atoms with Gasteiger partial charge in [-0.25, -0.2) is 13.4 Å². The molecule has 0 spiro atoms. The molecule has 0 radical (unpaired) electrons. The van der Waals surface area contributed by atoms with Crippen molar-refractivity contribution in [3.8, 4) is 11.2 Å². The summed E-state index contributed by atoms with van der Waals surface area (Å²) in [7, 11) is -4.50. The van der Waals surface area contributed by atoms with E-state index in [4.69, 9.17) is 0 Å². The summed E-state index contributed by atoms with van der Waals surface area (Å²) in [4.78, 5) is 18.3.